The number of pyridine rings is 1. The van der Waals surface area contributed by atoms with Gasteiger partial charge in [-0.05, 0) is 31.0 Å². The van der Waals surface area contributed by atoms with Gasteiger partial charge in [0.1, 0.15) is 17.2 Å². The number of hydrogen-bond acceptors (Lipinski definition) is 8. The van der Waals surface area contributed by atoms with Crippen molar-refractivity contribution in [3.05, 3.63) is 58.1 Å². The normalized spacial score (nSPS) is 14.7. The third-order valence-electron chi connectivity index (χ3n) is 4.22. The van der Waals surface area contributed by atoms with Crippen LogP contribution >= 0.6 is 0 Å². The quantitative estimate of drug-likeness (QED) is 0.630. The van der Waals surface area contributed by atoms with E-state index < -0.39 is 6.23 Å². The fraction of sp³-hybridized carbons (Fsp3) is 0.235. The summed E-state index contributed by atoms with van der Waals surface area (Å²) in [4.78, 5) is 25.7. The van der Waals surface area contributed by atoms with Crippen LogP contribution in [-0.4, -0.2) is 41.9 Å². The summed E-state index contributed by atoms with van der Waals surface area (Å²) in [5.41, 5.74) is 1.03. The Morgan fingerprint density at radius 3 is 2.81 bits per heavy atom. The van der Waals surface area contributed by atoms with Gasteiger partial charge in [-0.15, -0.1) is 0 Å². The first kappa shape index (κ1) is 16.2. The van der Waals surface area contributed by atoms with Crippen LogP contribution in [0.1, 0.15) is 23.9 Å². The van der Waals surface area contributed by atoms with Crippen LogP contribution < -0.4 is 10.5 Å². The summed E-state index contributed by atoms with van der Waals surface area (Å²) in [5, 5.41) is 27.3. The second kappa shape index (κ2) is 6.52. The molecule has 9 heteroatoms. The van der Waals surface area contributed by atoms with E-state index in [1.54, 1.807) is 29.3 Å². The monoisotopic (exact) mass is 352 g/mol. The number of rotatable bonds is 3. The van der Waals surface area contributed by atoms with Gasteiger partial charge in [0.25, 0.3) is 5.56 Å². The molecule has 0 spiro atoms. The Morgan fingerprint density at radius 2 is 2.08 bits per heavy atom. The second-order valence-corrected chi connectivity index (χ2v) is 5.90. The predicted octanol–water partition coefficient (Wildman–Crippen LogP) is 0.771. The van der Waals surface area contributed by atoms with Crippen molar-refractivity contribution < 1.29 is 10.2 Å². The molecule has 0 fully saturated rings. The molecule has 0 bridgehead atoms. The van der Waals surface area contributed by atoms with E-state index in [1.807, 2.05) is 0 Å². The number of H-pyrrole nitrogens is 1. The van der Waals surface area contributed by atoms with Gasteiger partial charge in [0.15, 0.2) is 12.1 Å². The number of aromatic amines is 1. The van der Waals surface area contributed by atoms with Crippen LogP contribution in [0.5, 0.6) is 5.88 Å². The smallest absolute Gasteiger partial charge is 0.264 e. The molecule has 4 heterocycles. The molecule has 0 amide bonds. The van der Waals surface area contributed by atoms with E-state index in [9.17, 15) is 15.0 Å². The molecule has 9 nitrogen and oxygen atoms in total. The molecular weight excluding hydrogens is 336 g/mol. The Labute approximate surface area is 148 Å². The number of hydrogen-bond donors (Lipinski definition) is 3. The molecule has 0 saturated carbocycles. The number of aromatic nitrogens is 5. The molecule has 1 aliphatic rings. The average molecular weight is 352 g/mol. The number of aliphatic hydroxyl groups excluding tert-OH is 1. The van der Waals surface area contributed by atoms with Crippen molar-refractivity contribution in [2.24, 2.45) is 0 Å². The number of nitrogens with zero attached hydrogens (tertiary/aromatic N) is 5. The predicted molar refractivity (Wildman–Crippen MR) is 92.4 cm³/mol. The second-order valence-electron chi connectivity index (χ2n) is 5.90. The zero-order valence-corrected chi connectivity index (χ0v) is 13.7. The van der Waals surface area contributed by atoms with Crippen LogP contribution in [0.3, 0.4) is 0 Å². The SMILES string of the molecule is O=c1ccc(C(O)N2CCCc3c(O)nc(-c4ccccn4)nc32)n[nH]1. The van der Waals surface area contributed by atoms with E-state index in [2.05, 4.69) is 25.1 Å². The van der Waals surface area contributed by atoms with Crippen LogP contribution in [0, 0.1) is 0 Å². The molecule has 3 N–H and O–H groups in total. The molecule has 1 aliphatic heterocycles. The minimum atomic E-state index is -1.11. The maximum absolute atomic E-state index is 11.2. The first-order valence-electron chi connectivity index (χ1n) is 8.15. The maximum Gasteiger partial charge on any atom is 0.264 e. The van der Waals surface area contributed by atoms with Crippen molar-refractivity contribution in [2.75, 3.05) is 11.4 Å². The highest BCUT2D eigenvalue weighted by molar-refractivity contribution is 5.60. The largest absolute Gasteiger partial charge is 0.493 e. The molecule has 3 aromatic heterocycles. The number of aliphatic hydroxyl groups is 1. The van der Waals surface area contributed by atoms with E-state index >= 15 is 0 Å². The highest BCUT2D eigenvalue weighted by Crippen LogP contribution is 2.36. The summed E-state index contributed by atoms with van der Waals surface area (Å²) in [5.74, 6) is 0.585. The van der Waals surface area contributed by atoms with Gasteiger partial charge in [-0.25, -0.2) is 10.1 Å². The molecule has 1 unspecified atom stereocenters. The summed E-state index contributed by atoms with van der Waals surface area (Å²) in [6, 6.07) is 8.08. The van der Waals surface area contributed by atoms with Gasteiger partial charge in [0.2, 0.25) is 5.88 Å². The van der Waals surface area contributed by atoms with Crippen molar-refractivity contribution >= 4 is 5.82 Å². The van der Waals surface area contributed by atoms with Crippen molar-refractivity contribution in [1.29, 1.82) is 0 Å². The zero-order chi connectivity index (χ0) is 18.1. The Bertz CT molecular complexity index is 971. The summed E-state index contributed by atoms with van der Waals surface area (Å²) in [7, 11) is 0. The lowest BCUT2D eigenvalue weighted by molar-refractivity contribution is 0.162. The van der Waals surface area contributed by atoms with Crippen LogP contribution in [0.2, 0.25) is 0 Å². The van der Waals surface area contributed by atoms with Crippen LogP contribution in [-0.2, 0) is 6.42 Å². The molecule has 26 heavy (non-hydrogen) atoms. The Balaban J connectivity index is 1.78. The summed E-state index contributed by atoms with van der Waals surface area (Å²) < 4.78 is 0. The van der Waals surface area contributed by atoms with Crippen LogP contribution in [0.4, 0.5) is 5.82 Å². The molecular formula is C17H16N6O3. The van der Waals surface area contributed by atoms with Crippen LogP contribution in [0.25, 0.3) is 11.5 Å². The minimum absolute atomic E-state index is 0.123. The van der Waals surface area contributed by atoms with E-state index in [4.69, 9.17) is 0 Å². The molecule has 1 atom stereocenters. The third-order valence-corrected chi connectivity index (χ3v) is 4.22. The van der Waals surface area contributed by atoms with Gasteiger partial charge in [-0.2, -0.15) is 10.1 Å². The third kappa shape index (κ3) is 2.88. The van der Waals surface area contributed by atoms with Gasteiger partial charge in [0.05, 0.1) is 5.56 Å². The lowest BCUT2D eigenvalue weighted by Crippen LogP contribution is -2.35. The first-order chi connectivity index (χ1) is 12.6. The van der Waals surface area contributed by atoms with Gasteiger partial charge in [-0.1, -0.05) is 6.07 Å². The average Bonchev–Trinajstić information content (AvgIpc) is 2.68. The number of aromatic hydroxyl groups is 1. The standard InChI is InChI=1S/C17H16N6O3/c24-13-7-6-12(21-22-13)17(26)23-9-3-4-10-15(23)19-14(20-16(10)25)11-5-1-2-8-18-11/h1-2,5-8,17,26H,3-4,9H2,(H,22,24)(H,19,20,25). The molecule has 0 aromatic carbocycles. The lowest BCUT2D eigenvalue weighted by atomic mass is 10.1. The highest BCUT2D eigenvalue weighted by atomic mass is 16.3. The molecule has 0 aliphatic carbocycles. The van der Waals surface area contributed by atoms with Crippen molar-refractivity contribution in [1.82, 2.24) is 25.1 Å². The molecule has 4 rings (SSSR count). The van der Waals surface area contributed by atoms with Crippen molar-refractivity contribution in [3.8, 4) is 17.4 Å². The Kier molecular flexibility index (Phi) is 4.05. The number of nitrogens with one attached hydrogen (secondary N) is 1. The zero-order valence-electron chi connectivity index (χ0n) is 13.7. The Morgan fingerprint density at radius 1 is 1.19 bits per heavy atom. The van der Waals surface area contributed by atoms with E-state index in [0.29, 0.717) is 36.5 Å². The summed E-state index contributed by atoms with van der Waals surface area (Å²) in [6.45, 7) is 0.521. The fourth-order valence-electron chi connectivity index (χ4n) is 2.96. The van der Waals surface area contributed by atoms with E-state index in [1.165, 1.54) is 12.1 Å². The molecule has 3 aromatic rings. The lowest BCUT2D eigenvalue weighted by Gasteiger charge is -2.33. The first-order valence-corrected chi connectivity index (χ1v) is 8.15. The summed E-state index contributed by atoms with van der Waals surface area (Å²) >= 11 is 0. The summed E-state index contributed by atoms with van der Waals surface area (Å²) in [6.07, 6.45) is 1.82. The minimum Gasteiger partial charge on any atom is -0.493 e. The highest BCUT2D eigenvalue weighted by Gasteiger charge is 2.29. The Hall–Kier alpha value is -3.33. The molecule has 0 radical (unpaired) electrons. The molecule has 0 saturated heterocycles. The van der Waals surface area contributed by atoms with Crippen molar-refractivity contribution in [3.63, 3.8) is 0 Å². The van der Waals surface area contributed by atoms with E-state index in [0.717, 1.165) is 0 Å². The van der Waals surface area contributed by atoms with Gasteiger partial charge >= 0.3 is 0 Å². The fourth-order valence-corrected chi connectivity index (χ4v) is 2.96. The number of anilines is 1. The van der Waals surface area contributed by atoms with Gasteiger partial charge in [0, 0.05) is 18.8 Å². The van der Waals surface area contributed by atoms with Crippen LogP contribution in [0.15, 0.2) is 41.3 Å². The van der Waals surface area contributed by atoms with E-state index in [-0.39, 0.29) is 23.0 Å². The topological polar surface area (TPSA) is 128 Å². The van der Waals surface area contributed by atoms with Gasteiger partial charge in [-0.3, -0.25) is 9.78 Å². The molecule has 132 valence electrons. The maximum atomic E-state index is 11.2. The number of fused-ring (bicyclic) bond motifs is 1. The van der Waals surface area contributed by atoms with Crippen molar-refractivity contribution in [2.45, 2.75) is 19.1 Å². The van der Waals surface area contributed by atoms with Gasteiger partial charge < -0.3 is 15.1 Å².